The monoisotopic (exact) mass is 520 g/mol. The second kappa shape index (κ2) is 10.4. The van der Waals surface area contributed by atoms with Gasteiger partial charge in [0, 0.05) is 56.0 Å². The van der Waals surface area contributed by atoms with Crippen molar-refractivity contribution in [1.82, 2.24) is 19.9 Å². The average molecular weight is 521 g/mol. The van der Waals surface area contributed by atoms with Gasteiger partial charge in [0.25, 0.3) is 5.69 Å². The van der Waals surface area contributed by atoms with Crippen LogP contribution in [0.25, 0.3) is 0 Å². The van der Waals surface area contributed by atoms with Crippen LogP contribution in [0.3, 0.4) is 0 Å². The molecule has 0 aliphatic carbocycles. The van der Waals surface area contributed by atoms with Crippen molar-refractivity contribution >= 4 is 34.4 Å². The minimum atomic E-state index is -0.377. The topological polar surface area (TPSA) is 113 Å². The molecule has 4 rings (SSSR count). The molecule has 0 amide bonds. The molecule has 3 aromatic rings. The minimum absolute atomic E-state index is 0.0176. The number of aromatic nitrogens is 3. The van der Waals surface area contributed by atoms with E-state index in [9.17, 15) is 10.1 Å². The average Bonchev–Trinajstić information content (AvgIpc) is 3.12. The number of nitro benzene ring substituents is 1. The van der Waals surface area contributed by atoms with Gasteiger partial charge in [0.1, 0.15) is 29.4 Å². The number of nitrogens with zero attached hydrogens (tertiary/aromatic N) is 7. The second-order valence-electron chi connectivity index (χ2n) is 10.6. The summed E-state index contributed by atoms with van der Waals surface area (Å²) >= 11 is 0. The number of fused-ring (bicyclic) bond motifs is 1. The van der Waals surface area contributed by atoms with Crippen LogP contribution in [0.15, 0.2) is 30.6 Å². The van der Waals surface area contributed by atoms with E-state index in [1.807, 2.05) is 43.9 Å². The highest BCUT2D eigenvalue weighted by molar-refractivity contribution is 5.78. The van der Waals surface area contributed by atoms with E-state index in [1.165, 1.54) is 12.4 Å². The highest BCUT2D eigenvalue weighted by Gasteiger charge is 2.38. The van der Waals surface area contributed by atoms with Crippen molar-refractivity contribution in [3.05, 3.63) is 57.7 Å². The summed E-state index contributed by atoms with van der Waals surface area (Å²) in [7, 11) is 7.31. The van der Waals surface area contributed by atoms with Crippen LogP contribution in [0.2, 0.25) is 0 Å². The SMILES string of the molecule is COc1cc(N(C)CCN(C)C)c([N+](=O)[O-])cc1Nc1cc(N2CC(C)(C)c3nc(C)c(C)cc32)ncn1. The molecular formula is C27H36N8O3. The lowest BCUT2D eigenvalue weighted by molar-refractivity contribution is -0.384. The van der Waals surface area contributed by atoms with Crippen molar-refractivity contribution in [2.45, 2.75) is 33.1 Å². The largest absolute Gasteiger partial charge is 0.494 e. The maximum Gasteiger partial charge on any atom is 0.294 e. The summed E-state index contributed by atoms with van der Waals surface area (Å²) < 4.78 is 5.61. The summed E-state index contributed by atoms with van der Waals surface area (Å²) in [5.41, 5.74) is 4.97. The van der Waals surface area contributed by atoms with Gasteiger partial charge < -0.3 is 24.8 Å². The first kappa shape index (κ1) is 27.1. The molecule has 1 aliphatic rings. The van der Waals surface area contributed by atoms with Crippen LogP contribution in [-0.4, -0.2) is 72.7 Å². The third kappa shape index (κ3) is 5.33. The Balaban J connectivity index is 1.68. The highest BCUT2D eigenvalue weighted by atomic mass is 16.6. The maximum absolute atomic E-state index is 12.0. The zero-order valence-corrected chi connectivity index (χ0v) is 23.4. The van der Waals surface area contributed by atoms with E-state index in [-0.39, 0.29) is 16.0 Å². The van der Waals surface area contributed by atoms with Gasteiger partial charge in [0.05, 0.1) is 29.1 Å². The summed E-state index contributed by atoms with van der Waals surface area (Å²) in [6, 6.07) is 7.17. The van der Waals surface area contributed by atoms with Crippen LogP contribution >= 0.6 is 0 Å². The molecular weight excluding hydrogens is 484 g/mol. The summed E-state index contributed by atoms with van der Waals surface area (Å²) in [5.74, 6) is 1.69. The van der Waals surface area contributed by atoms with Crippen LogP contribution in [0, 0.1) is 24.0 Å². The van der Waals surface area contributed by atoms with Gasteiger partial charge >= 0.3 is 0 Å². The first-order valence-corrected chi connectivity index (χ1v) is 12.5. The molecule has 11 nitrogen and oxygen atoms in total. The highest BCUT2D eigenvalue weighted by Crippen LogP contribution is 2.44. The Morgan fingerprint density at radius 1 is 1.13 bits per heavy atom. The smallest absolute Gasteiger partial charge is 0.294 e. The lowest BCUT2D eigenvalue weighted by Gasteiger charge is -2.23. The third-order valence-corrected chi connectivity index (χ3v) is 6.91. The van der Waals surface area contributed by atoms with E-state index in [0.29, 0.717) is 35.3 Å². The number of likely N-dealkylation sites (N-methyl/N-ethyl adjacent to an activating group) is 2. The van der Waals surface area contributed by atoms with Gasteiger partial charge in [-0.15, -0.1) is 0 Å². The van der Waals surface area contributed by atoms with E-state index < -0.39 is 0 Å². The number of aryl methyl sites for hydroxylation is 2. The minimum Gasteiger partial charge on any atom is -0.494 e. The van der Waals surface area contributed by atoms with Gasteiger partial charge in [-0.25, -0.2) is 9.97 Å². The molecule has 0 atom stereocenters. The van der Waals surface area contributed by atoms with E-state index in [0.717, 1.165) is 35.7 Å². The molecule has 0 spiro atoms. The number of rotatable bonds is 9. The van der Waals surface area contributed by atoms with E-state index in [2.05, 4.69) is 47.0 Å². The van der Waals surface area contributed by atoms with Crippen molar-refractivity contribution in [2.75, 3.05) is 63.0 Å². The van der Waals surface area contributed by atoms with Crippen molar-refractivity contribution in [3.63, 3.8) is 0 Å². The van der Waals surface area contributed by atoms with Gasteiger partial charge in [-0.2, -0.15) is 0 Å². The van der Waals surface area contributed by atoms with E-state index >= 15 is 0 Å². The van der Waals surface area contributed by atoms with Gasteiger partial charge in [-0.05, 0) is 39.6 Å². The lowest BCUT2D eigenvalue weighted by Crippen LogP contribution is -2.29. The number of benzene rings is 1. The Hall–Kier alpha value is -3.99. The fraction of sp³-hybridized carbons (Fsp3) is 0.444. The first-order valence-electron chi connectivity index (χ1n) is 12.5. The third-order valence-electron chi connectivity index (χ3n) is 6.91. The summed E-state index contributed by atoms with van der Waals surface area (Å²) in [6.45, 7) is 10.5. The number of nitrogens with one attached hydrogen (secondary N) is 1. The Morgan fingerprint density at radius 2 is 1.87 bits per heavy atom. The number of anilines is 5. The van der Waals surface area contributed by atoms with Crippen LogP contribution < -0.4 is 19.9 Å². The molecule has 11 heteroatoms. The molecule has 2 aromatic heterocycles. The Labute approximate surface area is 223 Å². The molecule has 1 N–H and O–H groups in total. The summed E-state index contributed by atoms with van der Waals surface area (Å²) in [6.07, 6.45) is 1.49. The fourth-order valence-electron chi connectivity index (χ4n) is 4.60. The molecule has 1 aliphatic heterocycles. The fourth-order valence-corrected chi connectivity index (χ4v) is 4.60. The Bertz CT molecular complexity index is 1360. The predicted molar refractivity (Wildman–Crippen MR) is 151 cm³/mol. The van der Waals surface area contributed by atoms with Gasteiger partial charge in [0.15, 0.2) is 0 Å². The maximum atomic E-state index is 12.0. The molecule has 1 aromatic carbocycles. The molecule has 202 valence electrons. The van der Waals surface area contributed by atoms with Gasteiger partial charge in [0.2, 0.25) is 0 Å². The van der Waals surface area contributed by atoms with E-state index in [1.54, 1.807) is 13.2 Å². The number of ether oxygens (including phenoxy) is 1. The predicted octanol–water partition coefficient (Wildman–Crippen LogP) is 4.58. The Morgan fingerprint density at radius 3 is 2.53 bits per heavy atom. The van der Waals surface area contributed by atoms with Crippen molar-refractivity contribution in [3.8, 4) is 5.75 Å². The molecule has 0 bridgehead atoms. The second-order valence-corrected chi connectivity index (χ2v) is 10.6. The quantitative estimate of drug-likeness (QED) is 0.318. The first-order chi connectivity index (χ1) is 17.9. The van der Waals surface area contributed by atoms with Crippen LogP contribution in [0.1, 0.15) is 30.8 Å². The van der Waals surface area contributed by atoms with Crippen molar-refractivity contribution in [2.24, 2.45) is 0 Å². The number of nitro groups is 1. The molecule has 0 saturated carbocycles. The summed E-state index contributed by atoms with van der Waals surface area (Å²) in [5, 5.41) is 15.2. The number of methoxy groups -OCH3 is 1. The zero-order chi connectivity index (χ0) is 27.8. The van der Waals surface area contributed by atoms with Crippen LogP contribution in [0.5, 0.6) is 5.75 Å². The molecule has 0 saturated heterocycles. The molecule has 38 heavy (non-hydrogen) atoms. The number of hydrogen-bond acceptors (Lipinski definition) is 10. The van der Waals surface area contributed by atoms with Crippen LogP contribution in [-0.2, 0) is 5.41 Å². The van der Waals surface area contributed by atoms with Crippen molar-refractivity contribution in [1.29, 1.82) is 0 Å². The normalized spacial score (nSPS) is 14.0. The molecule has 3 heterocycles. The molecule has 0 radical (unpaired) electrons. The molecule has 0 fully saturated rings. The number of hydrogen-bond donors (Lipinski definition) is 1. The van der Waals surface area contributed by atoms with Crippen LogP contribution in [0.4, 0.5) is 34.4 Å². The summed E-state index contributed by atoms with van der Waals surface area (Å²) in [4.78, 5) is 31.4. The van der Waals surface area contributed by atoms with Crippen molar-refractivity contribution < 1.29 is 9.66 Å². The standard InChI is InChI=1S/C27H36N8O3/c1-17-11-22-26(30-18(17)2)27(3,4)15-34(22)25-14-24(28-16-29-25)31-19-12-21(35(36)37)20(13-23(19)38-8)33(7)10-9-32(5)6/h11-14,16H,9-10,15H2,1-8H3,(H,28,29,31). The Kier molecular flexibility index (Phi) is 7.41. The van der Waals surface area contributed by atoms with E-state index in [4.69, 9.17) is 9.72 Å². The lowest BCUT2D eigenvalue weighted by atomic mass is 9.91. The van der Waals surface area contributed by atoms with Gasteiger partial charge in [-0.3, -0.25) is 15.1 Å². The molecule has 0 unspecified atom stereocenters. The zero-order valence-electron chi connectivity index (χ0n) is 23.4. The number of pyridine rings is 1. The van der Waals surface area contributed by atoms with Gasteiger partial charge in [-0.1, -0.05) is 13.8 Å².